The number of carbonyl (C=O) groups is 2. The zero-order valence-electron chi connectivity index (χ0n) is 15.8. The highest BCUT2D eigenvalue weighted by molar-refractivity contribution is 7.16. The van der Waals surface area contributed by atoms with Crippen molar-refractivity contribution in [1.29, 1.82) is 0 Å². The number of non-ortho nitro benzene ring substituents is 1. The van der Waals surface area contributed by atoms with Crippen LogP contribution in [0.3, 0.4) is 0 Å². The van der Waals surface area contributed by atoms with E-state index in [1.54, 1.807) is 6.92 Å². The van der Waals surface area contributed by atoms with Gasteiger partial charge in [0.05, 0.1) is 26.7 Å². The summed E-state index contributed by atoms with van der Waals surface area (Å²) < 4.78 is 6.69. The lowest BCUT2D eigenvalue weighted by Crippen LogP contribution is -2.23. The smallest absolute Gasteiger partial charge is 0.326 e. The molecule has 0 atom stereocenters. The van der Waals surface area contributed by atoms with Crippen LogP contribution in [-0.4, -0.2) is 32.9 Å². The molecule has 0 N–H and O–H groups in total. The average molecular weight is 465 g/mol. The summed E-state index contributed by atoms with van der Waals surface area (Å²) in [5, 5.41) is 22.4. The topological polar surface area (TPSA) is 147 Å². The van der Waals surface area contributed by atoms with Crippen molar-refractivity contribution < 1.29 is 24.2 Å². The molecule has 0 unspecified atom stereocenters. The second kappa shape index (κ2) is 9.02. The number of benzene rings is 2. The maximum atomic E-state index is 12.7. The van der Waals surface area contributed by atoms with Crippen LogP contribution in [0.25, 0.3) is 10.2 Å². The second-order valence-electron chi connectivity index (χ2n) is 6.02. The Morgan fingerprint density at radius 3 is 2.55 bits per heavy atom. The van der Waals surface area contributed by atoms with Crippen LogP contribution in [0.15, 0.2) is 41.4 Å². The number of rotatable bonds is 6. The average Bonchev–Trinajstić information content (AvgIpc) is 3.03. The summed E-state index contributed by atoms with van der Waals surface area (Å²) in [6, 6.07) is 7.45. The van der Waals surface area contributed by atoms with Gasteiger partial charge in [0, 0.05) is 23.2 Å². The number of thiazole rings is 1. The first-order valence-corrected chi connectivity index (χ1v) is 9.87. The number of carbonyl (C=O) groups excluding carboxylic acids is 2. The summed E-state index contributed by atoms with van der Waals surface area (Å²) in [5.41, 5.74) is -0.577. The maximum absolute atomic E-state index is 12.7. The normalized spacial score (nSPS) is 11.5. The van der Waals surface area contributed by atoms with Crippen molar-refractivity contribution in [3.63, 3.8) is 0 Å². The number of ether oxygens (including phenoxy) is 1. The SMILES string of the molecule is CCOC(=O)Cn1c(=NC(=O)c2cc(Cl)ccc2[N+](=O)[O-])sc2cc([N+](=O)[O-])ccc21. The summed E-state index contributed by atoms with van der Waals surface area (Å²) in [7, 11) is 0. The van der Waals surface area contributed by atoms with Gasteiger partial charge >= 0.3 is 5.97 Å². The molecule has 0 saturated carbocycles. The van der Waals surface area contributed by atoms with Crippen molar-refractivity contribution in [2.45, 2.75) is 13.5 Å². The zero-order valence-corrected chi connectivity index (χ0v) is 17.4. The highest BCUT2D eigenvalue weighted by Gasteiger charge is 2.21. The number of nitrogens with zero attached hydrogens (tertiary/aromatic N) is 4. The third-order valence-electron chi connectivity index (χ3n) is 4.05. The number of nitro benzene ring substituents is 2. The second-order valence-corrected chi connectivity index (χ2v) is 7.47. The summed E-state index contributed by atoms with van der Waals surface area (Å²) in [6.45, 7) is 1.45. The van der Waals surface area contributed by atoms with Crippen LogP contribution >= 0.6 is 22.9 Å². The number of esters is 1. The largest absolute Gasteiger partial charge is 0.465 e. The molecule has 11 nitrogen and oxygen atoms in total. The maximum Gasteiger partial charge on any atom is 0.326 e. The lowest BCUT2D eigenvalue weighted by Gasteiger charge is -2.05. The van der Waals surface area contributed by atoms with Gasteiger partial charge in [0.25, 0.3) is 17.3 Å². The fraction of sp³-hybridized carbons (Fsp3) is 0.167. The van der Waals surface area contributed by atoms with Crippen LogP contribution in [0.1, 0.15) is 17.3 Å². The first-order valence-electron chi connectivity index (χ1n) is 8.67. The minimum atomic E-state index is -0.951. The number of hydrogen-bond acceptors (Lipinski definition) is 8. The van der Waals surface area contributed by atoms with Gasteiger partial charge in [-0.15, -0.1) is 0 Å². The summed E-state index contributed by atoms with van der Waals surface area (Å²) in [6.07, 6.45) is 0. The molecular formula is C18H13ClN4O7S. The molecule has 1 amide bonds. The third kappa shape index (κ3) is 4.75. The Labute approximate surface area is 182 Å². The molecule has 2 aromatic carbocycles. The van der Waals surface area contributed by atoms with Gasteiger partial charge < -0.3 is 9.30 Å². The summed E-state index contributed by atoms with van der Waals surface area (Å²) in [4.78, 5) is 49.8. The van der Waals surface area contributed by atoms with Crippen molar-refractivity contribution in [3.05, 3.63) is 72.0 Å². The van der Waals surface area contributed by atoms with E-state index in [-0.39, 0.29) is 34.2 Å². The minimum absolute atomic E-state index is 0.0165. The number of aromatic nitrogens is 1. The standard InChI is InChI=1S/C18H13ClN4O7S/c1-2-30-16(24)9-21-14-6-4-11(22(26)27)8-15(14)31-18(21)20-17(25)12-7-10(19)3-5-13(12)23(28)29/h3-8H,2,9H2,1H3. The fourth-order valence-electron chi connectivity index (χ4n) is 2.74. The molecule has 13 heteroatoms. The van der Waals surface area contributed by atoms with Gasteiger partial charge in [0.1, 0.15) is 12.1 Å². The Morgan fingerprint density at radius 1 is 1.16 bits per heavy atom. The van der Waals surface area contributed by atoms with E-state index >= 15 is 0 Å². The molecule has 1 heterocycles. The first-order chi connectivity index (χ1) is 14.7. The summed E-state index contributed by atoms with van der Waals surface area (Å²) >= 11 is 6.79. The molecule has 0 radical (unpaired) electrons. The van der Waals surface area contributed by atoms with Crippen LogP contribution in [0, 0.1) is 20.2 Å². The van der Waals surface area contributed by atoms with Crippen LogP contribution in [0.4, 0.5) is 11.4 Å². The van der Waals surface area contributed by atoms with E-state index in [0.717, 1.165) is 23.5 Å². The molecule has 0 spiro atoms. The molecular weight excluding hydrogens is 452 g/mol. The molecule has 0 aliphatic rings. The predicted molar refractivity (Wildman–Crippen MR) is 111 cm³/mol. The van der Waals surface area contributed by atoms with Crippen molar-refractivity contribution in [2.75, 3.05) is 6.61 Å². The van der Waals surface area contributed by atoms with Gasteiger partial charge in [-0.25, -0.2) is 0 Å². The highest BCUT2D eigenvalue weighted by atomic mass is 35.5. The molecule has 0 fully saturated rings. The van der Waals surface area contributed by atoms with Gasteiger partial charge in [-0.2, -0.15) is 4.99 Å². The Kier molecular flexibility index (Phi) is 6.42. The Morgan fingerprint density at radius 2 is 1.90 bits per heavy atom. The molecule has 0 aliphatic heterocycles. The molecule has 31 heavy (non-hydrogen) atoms. The fourth-order valence-corrected chi connectivity index (χ4v) is 3.97. The van der Waals surface area contributed by atoms with Gasteiger partial charge in [0.15, 0.2) is 4.80 Å². The lowest BCUT2D eigenvalue weighted by atomic mass is 10.2. The molecule has 0 saturated heterocycles. The molecule has 3 rings (SSSR count). The third-order valence-corrected chi connectivity index (χ3v) is 5.33. The number of hydrogen-bond donors (Lipinski definition) is 0. The van der Waals surface area contributed by atoms with Crippen molar-refractivity contribution in [3.8, 4) is 0 Å². The van der Waals surface area contributed by atoms with Gasteiger partial charge in [-0.05, 0) is 25.1 Å². The van der Waals surface area contributed by atoms with Crippen molar-refractivity contribution in [1.82, 2.24) is 4.57 Å². The Bertz CT molecular complexity index is 1300. The number of nitro groups is 2. The quantitative estimate of drug-likeness (QED) is 0.308. The van der Waals surface area contributed by atoms with Crippen molar-refractivity contribution >= 4 is 56.4 Å². The molecule has 1 aromatic heterocycles. The van der Waals surface area contributed by atoms with E-state index in [1.165, 1.54) is 28.8 Å². The van der Waals surface area contributed by atoms with Crippen LogP contribution < -0.4 is 4.80 Å². The predicted octanol–water partition coefficient (Wildman–Crippen LogP) is 3.48. The van der Waals surface area contributed by atoms with E-state index in [0.29, 0.717) is 10.2 Å². The zero-order chi connectivity index (χ0) is 22.7. The number of halogens is 1. The van der Waals surface area contributed by atoms with E-state index in [9.17, 15) is 29.8 Å². The van der Waals surface area contributed by atoms with E-state index in [4.69, 9.17) is 16.3 Å². The van der Waals surface area contributed by atoms with Crippen LogP contribution in [0.5, 0.6) is 0 Å². The van der Waals surface area contributed by atoms with E-state index in [2.05, 4.69) is 4.99 Å². The van der Waals surface area contributed by atoms with Crippen LogP contribution in [-0.2, 0) is 16.1 Å². The number of fused-ring (bicyclic) bond motifs is 1. The van der Waals surface area contributed by atoms with E-state index in [1.807, 2.05) is 0 Å². The monoisotopic (exact) mass is 464 g/mol. The minimum Gasteiger partial charge on any atom is -0.465 e. The highest BCUT2D eigenvalue weighted by Crippen LogP contribution is 2.25. The van der Waals surface area contributed by atoms with Gasteiger partial charge in [-0.1, -0.05) is 22.9 Å². The van der Waals surface area contributed by atoms with Gasteiger partial charge in [0.2, 0.25) is 0 Å². The summed E-state index contributed by atoms with van der Waals surface area (Å²) in [5.74, 6) is -1.56. The van der Waals surface area contributed by atoms with E-state index < -0.39 is 27.4 Å². The molecule has 0 bridgehead atoms. The molecule has 160 valence electrons. The first kappa shape index (κ1) is 22.1. The van der Waals surface area contributed by atoms with Crippen LogP contribution in [0.2, 0.25) is 5.02 Å². The molecule has 0 aliphatic carbocycles. The molecule has 3 aromatic rings. The van der Waals surface area contributed by atoms with Gasteiger partial charge in [-0.3, -0.25) is 29.8 Å². The lowest BCUT2D eigenvalue weighted by molar-refractivity contribution is -0.385. The Hall–Kier alpha value is -3.64. The number of amides is 1. The van der Waals surface area contributed by atoms with Crippen molar-refractivity contribution in [2.24, 2.45) is 4.99 Å². The Balaban J connectivity index is 2.20.